The Morgan fingerprint density at radius 2 is 1.09 bits per heavy atom. The zero-order chi connectivity index (χ0) is 23.3. The van der Waals surface area contributed by atoms with Crippen LogP contribution in [-0.4, -0.2) is 12.0 Å². The van der Waals surface area contributed by atoms with Crippen molar-refractivity contribution < 1.29 is 9.18 Å². The summed E-state index contributed by atoms with van der Waals surface area (Å²) in [5.41, 5.74) is -1.13. The Morgan fingerprint density at radius 3 is 1.64 bits per heavy atom. The second-order valence-corrected chi connectivity index (χ2v) is 12.9. The number of Topliss-reactive ketones (excluding diaryl/α,β-unsaturated/α-hetero) is 1. The van der Waals surface area contributed by atoms with Gasteiger partial charge in [0.2, 0.25) is 0 Å². The molecule has 0 unspecified atom stereocenters. The highest BCUT2D eigenvalue weighted by Crippen LogP contribution is 2.66. The van der Waals surface area contributed by atoms with Gasteiger partial charge in [-0.1, -0.05) is 84.5 Å². The van der Waals surface area contributed by atoms with E-state index in [4.69, 9.17) is 0 Å². The van der Waals surface area contributed by atoms with Gasteiger partial charge in [-0.3, -0.25) is 4.79 Å². The van der Waals surface area contributed by atoms with Gasteiger partial charge in [0.25, 0.3) is 0 Å². The fourth-order valence-electron chi connectivity index (χ4n) is 8.74. The van der Waals surface area contributed by atoms with E-state index >= 15 is 4.39 Å². The number of hydrogen-bond acceptors (Lipinski definition) is 1. The average Bonchev–Trinajstić information content (AvgIpc) is 2.87. The number of ketones is 1. The van der Waals surface area contributed by atoms with Crippen molar-refractivity contribution in [2.24, 2.45) is 34.5 Å². The third kappa shape index (κ3) is 5.25. The maximum Gasteiger partial charge on any atom is 0.151 e. The molecule has 4 aliphatic carbocycles. The Kier molecular flexibility index (Phi) is 9.00. The third-order valence-corrected chi connectivity index (χ3v) is 11.0. The Hall–Kier alpha value is -0.400. The van der Waals surface area contributed by atoms with Crippen LogP contribution >= 0.6 is 0 Å². The molecule has 4 fully saturated rings. The quantitative estimate of drug-likeness (QED) is 0.296. The van der Waals surface area contributed by atoms with Gasteiger partial charge in [-0.05, 0) is 87.9 Å². The SMILES string of the molecule is CCCCCCC1CC[C@]2(CC1)C(=O)[C@@]1(CCC(C3CCC(CCCCC)CC3)CC1)[C@@H]2F. The topological polar surface area (TPSA) is 17.1 Å². The van der Waals surface area contributed by atoms with Crippen LogP contribution in [0.1, 0.15) is 149 Å². The predicted octanol–water partition coefficient (Wildman–Crippen LogP) is 9.62. The third-order valence-electron chi connectivity index (χ3n) is 11.0. The molecule has 2 heteroatoms. The largest absolute Gasteiger partial charge is 0.298 e. The van der Waals surface area contributed by atoms with Crippen LogP contribution < -0.4 is 0 Å². The van der Waals surface area contributed by atoms with Crippen molar-refractivity contribution in [1.82, 2.24) is 0 Å². The highest BCUT2D eigenvalue weighted by molar-refractivity contribution is 5.98. The lowest BCUT2D eigenvalue weighted by Crippen LogP contribution is -2.69. The monoisotopic (exact) mass is 460 g/mol. The van der Waals surface area contributed by atoms with E-state index in [1.165, 1.54) is 83.5 Å². The molecular weight excluding hydrogens is 407 g/mol. The summed E-state index contributed by atoms with van der Waals surface area (Å²) in [4.78, 5) is 13.5. The smallest absolute Gasteiger partial charge is 0.151 e. The molecule has 33 heavy (non-hydrogen) atoms. The number of rotatable bonds is 10. The molecule has 0 aromatic rings. The highest BCUT2D eigenvalue weighted by Gasteiger charge is 2.71. The van der Waals surface area contributed by atoms with Crippen molar-refractivity contribution in [3.8, 4) is 0 Å². The fourth-order valence-corrected chi connectivity index (χ4v) is 8.74. The van der Waals surface area contributed by atoms with E-state index in [1.807, 2.05) is 0 Å². The average molecular weight is 461 g/mol. The maximum atomic E-state index is 15.9. The zero-order valence-electron chi connectivity index (χ0n) is 22.0. The molecule has 0 aromatic carbocycles. The van der Waals surface area contributed by atoms with Crippen molar-refractivity contribution in [1.29, 1.82) is 0 Å². The number of carbonyl (C=O) groups excluding carboxylic acids is 1. The Labute approximate surface area is 204 Å². The van der Waals surface area contributed by atoms with Gasteiger partial charge in [-0.15, -0.1) is 0 Å². The first-order valence-electron chi connectivity index (χ1n) is 15.2. The molecule has 0 heterocycles. The Bertz CT molecular complexity index is 602. The number of carbonyl (C=O) groups is 1. The molecule has 0 aromatic heterocycles. The lowest BCUT2D eigenvalue weighted by Gasteiger charge is -2.61. The number of alkyl halides is 1. The fraction of sp³-hybridized carbons (Fsp3) is 0.968. The van der Waals surface area contributed by atoms with Gasteiger partial charge in [0.15, 0.2) is 5.78 Å². The summed E-state index contributed by atoms with van der Waals surface area (Å²) in [5, 5.41) is 0. The van der Waals surface area contributed by atoms with Crippen molar-refractivity contribution in [2.75, 3.05) is 0 Å². The molecule has 1 nitrogen and oxygen atoms in total. The van der Waals surface area contributed by atoms with Gasteiger partial charge in [-0.2, -0.15) is 0 Å². The Balaban J connectivity index is 1.20. The molecule has 0 amide bonds. The summed E-state index contributed by atoms with van der Waals surface area (Å²) in [6.07, 6.45) is 24.8. The van der Waals surface area contributed by atoms with Crippen LogP contribution in [-0.2, 0) is 4.79 Å². The van der Waals surface area contributed by atoms with E-state index in [1.54, 1.807) is 0 Å². The standard InChI is InChI=1S/C31H53FO/c1-3-5-7-9-11-25-16-20-30(21-17-25)28(32)31(29(30)33)22-18-27(19-23-31)26-14-12-24(13-15-26)10-8-6-4-2/h24-28H,3-23H2,1-2H3/t24?,25?,26?,27?,28-,30-,31-/m1/s1. The number of halogens is 1. The second-order valence-electron chi connectivity index (χ2n) is 12.9. The lowest BCUT2D eigenvalue weighted by molar-refractivity contribution is -0.194. The van der Waals surface area contributed by atoms with E-state index in [0.29, 0.717) is 5.78 Å². The van der Waals surface area contributed by atoms with Crippen LogP contribution in [0.15, 0.2) is 0 Å². The molecular formula is C31H53FO. The summed E-state index contributed by atoms with van der Waals surface area (Å²) in [6.45, 7) is 4.56. The molecule has 0 radical (unpaired) electrons. The summed E-state index contributed by atoms with van der Waals surface area (Å²) in [7, 11) is 0. The van der Waals surface area contributed by atoms with Crippen LogP contribution in [0.2, 0.25) is 0 Å². The van der Waals surface area contributed by atoms with Crippen LogP contribution in [0.4, 0.5) is 4.39 Å². The first kappa shape index (κ1) is 25.7. The molecule has 4 saturated carbocycles. The van der Waals surface area contributed by atoms with Crippen molar-refractivity contribution in [3.63, 3.8) is 0 Å². The molecule has 1 atom stereocenters. The molecule has 190 valence electrons. The van der Waals surface area contributed by atoms with E-state index in [-0.39, 0.29) is 0 Å². The number of unbranched alkanes of at least 4 members (excludes halogenated alkanes) is 5. The van der Waals surface area contributed by atoms with E-state index in [9.17, 15) is 4.79 Å². The minimum Gasteiger partial charge on any atom is -0.298 e. The first-order chi connectivity index (χ1) is 16.1. The van der Waals surface area contributed by atoms with Gasteiger partial charge in [0.1, 0.15) is 6.17 Å². The highest BCUT2D eigenvalue weighted by atomic mass is 19.1. The van der Waals surface area contributed by atoms with Crippen LogP contribution in [0, 0.1) is 34.5 Å². The summed E-state index contributed by atoms with van der Waals surface area (Å²) >= 11 is 0. The van der Waals surface area contributed by atoms with Crippen LogP contribution in [0.5, 0.6) is 0 Å². The van der Waals surface area contributed by atoms with E-state index < -0.39 is 17.0 Å². The van der Waals surface area contributed by atoms with E-state index in [2.05, 4.69) is 13.8 Å². The second kappa shape index (κ2) is 11.6. The summed E-state index contributed by atoms with van der Waals surface area (Å²) in [6, 6.07) is 0. The van der Waals surface area contributed by atoms with Gasteiger partial charge in [-0.25, -0.2) is 4.39 Å². The van der Waals surface area contributed by atoms with Crippen molar-refractivity contribution in [2.45, 2.75) is 155 Å². The lowest BCUT2D eigenvalue weighted by atomic mass is 9.41. The minimum atomic E-state index is -0.839. The summed E-state index contributed by atoms with van der Waals surface area (Å²) < 4.78 is 15.9. The van der Waals surface area contributed by atoms with E-state index in [0.717, 1.165) is 75.0 Å². The van der Waals surface area contributed by atoms with Crippen LogP contribution in [0.3, 0.4) is 0 Å². The minimum absolute atomic E-state index is 0.366. The van der Waals surface area contributed by atoms with Crippen molar-refractivity contribution >= 4 is 5.78 Å². The predicted molar refractivity (Wildman–Crippen MR) is 137 cm³/mol. The molecule has 0 aliphatic heterocycles. The zero-order valence-corrected chi connectivity index (χ0v) is 22.0. The van der Waals surface area contributed by atoms with Gasteiger partial charge in [0, 0.05) is 0 Å². The molecule has 4 rings (SSSR count). The van der Waals surface area contributed by atoms with Crippen molar-refractivity contribution in [3.05, 3.63) is 0 Å². The summed E-state index contributed by atoms with van der Waals surface area (Å²) in [5.74, 6) is 3.70. The van der Waals surface area contributed by atoms with Gasteiger partial charge >= 0.3 is 0 Å². The first-order valence-corrected chi connectivity index (χ1v) is 15.2. The maximum absolute atomic E-state index is 15.9. The van der Waals surface area contributed by atoms with Gasteiger partial charge < -0.3 is 0 Å². The molecule has 4 aliphatic rings. The molecule has 2 spiro atoms. The van der Waals surface area contributed by atoms with Crippen LogP contribution in [0.25, 0.3) is 0 Å². The normalized spacial score (nSPS) is 41.4. The molecule has 0 N–H and O–H groups in total. The Morgan fingerprint density at radius 1 is 0.636 bits per heavy atom. The molecule has 0 bridgehead atoms. The molecule has 0 saturated heterocycles. The number of hydrogen-bond donors (Lipinski definition) is 0. The van der Waals surface area contributed by atoms with Gasteiger partial charge in [0.05, 0.1) is 10.8 Å².